The Kier molecular flexibility index (Phi) is 6.67. The van der Waals surface area contributed by atoms with E-state index in [9.17, 15) is 23.1 Å². The van der Waals surface area contributed by atoms with Gasteiger partial charge in [0.15, 0.2) is 6.23 Å². The van der Waals surface area contributed by atoms with Gasteiger partial charge in [0.2, 0.25) is 0 Å². The molecule has 1 aromatic carbocycles. The van der Waals surface area contributed by atoms with Crippen LogP contribution in [0.1, 0.15) is 54.9 Å². The van der Waals surface area contributed by atoms with E-state index in [-0.39, 0.29) is 22.5 Å². The number of anilines is 2. The number of hydrogen-bond acceptors (Lipinski definition) is 7. The molecule has 216 valence electrons. The molecule has 0 saturated heterocycles. The van der Waals surface area contributed by atoms with Crippen molar-refractivity contribution in [1.82, 2.24) is 24.8 Å². The van der Waals surface area contributed by atoms with E-state index < -0.39 is 23.9 Å². The first-order chi connectivity index (χ1) is 20.0. The molecule has 1 atom stereocenters. The Morgan fingerprint density at radius 3 is 2.55 bits per heavy atom. The highest BCUT2D eigenvalue weighted by atomic mass is 19.4. The number of aliphatic hydroxyl groups excluding tert-OH is 1. The molecule has 2 aliphatic carbocycles. The normalized spacial score (nSPS) is 22.1. The maximum Gasteiger partial charge on any atom is 0.416 e. The number of nitrogens with one attached hydrogen (secondary N) is 2. The molecule has 2 aliphatic rings. The zero-order valence-electron chi connectivity index (χ0n) is 22.7. The molecule has 12 heteroatoms. The minimum Gasteiger partial charge on any atom is -0.383 e. The quantitative estimate of drug-likeness (QED) is 0.194. The number of alkyl halides is 3. The van der Waals surface area contributed by atoms with Crippen molar-refractivity contribution in [3.05, 3.63) is 66.2 Å². The summed E-state index contributed by atoms with van der Waals surface area (Å²) in [6.45, 7) is 1.69. The van der Waals surface area contributed by atoms with E-state index >= 15 is 0 Å². The number of nitrogen functional groups attached to an aromatic ring is 1. The smallest absolute Gasteiger partial charge is 0.383 e. The molecule has 2 saturated carbocycles. The van der Waals surface area contributed by atoms with Gasteiger partial charge in [0.1, 0.15) is 23.6 Å². The highest BCUT2D eigenvalue weighted by molar-refractivity contribution is 6.05. The number of carbonyl (C=O) groups excluding carboxylic acids is 1. The number of rotatable bonds is 6. The van der Waals surface area contributed by atoms with Crippen molar-refractivity contribution in [1.29, 1.82) is 0 Å². The third-order valence-corrected chi connectivity index (χ3v) is 8.44. The highest BCUT2D eigenvalue weighted by Crippen LogP contribution is 2.56. The van der Waals surface area contributed by atoms with Crippen LogP contribution in [0.2, 0.25) is 0 Å². The van der Waals surface area contributed by atoms with Gasteiger partial charge in [0.25, 0.3) is 5.91 Å². The second-order valence-electron chi connectivity index (χ2n) is 11.0. The number of carbonyl (C=O) groups is 1. The second kappa shape index (κ2) is 10.1. The van der Waals surface area contributed by atoms with Crippen molar-refractivity contribution in [2.75, 3.05) is 11.1 Å². The van der Waals surface area contributed by atoms with Gasteiger partial charge in [0, 0.05) is 34.6 Å². The summed E-state index contributed by atoms with van der Waals surface area (Å²) in [5.41, 5.74) is 7.56. The molecule has 1 unspecified atom stereocenters. The summed E-state index contributed by atoms with van der Waals surface area (Å²) in [5.74, 6) is 5.07. The molecule has 3 heterocycles. The molecule has 9 nitrogen and oxygen atoms in total. The summed E-state index contributed by atoms with van der Waals surface area (Å²) >= 11 is 0. The van der Waals surface area contributed by atoms with Crippen LogP contribution < -0.4 is 16.4 Å². The van der Waals surface area contributed by atoms with E-state index in [1.807, 2.05) is 6.20 Å². The molecule has 0 radical (unpaired) electrons. The van der Waals surface area contributed by atoms with Crippen molar-refractivity contribution < 1.29 is 23.1 Å². The first-order valence-electron chi connectivity index (χ1n) is 13.5. The number of nitrogens with two attached hydrogens (primary N) is 1. The number of pyridine rings is 1. The minimum atomic E-state index is -4.55. The molecule has 0 spiro atoms. The van der Waals surface area contributed by atoms with Crippen molar-refractivity contribution in [2.24, 2.45) is 0 Å². The fourth-order valence-corrected chi connectivity index (χ4v) is 6.49. The van der Waals surface area contributed by atoms with E-state index in [0.29, 0.717) is 16.9 Å². The lowest BCUT2D eigenvalue weighted by Crippen LogP contribution is -2.46. The Labute approximate surface area is 239 Å². The van der Waals surface area contributed by atoms with Crippen LogP contribution in [0, 0.1) is 11.8 Å². The molecular formula is C30H28F3N7O2. The summed E-state index contributed by atoms with van der Waals surface area (Å²) in [4.78, 5) is 25.4. The molecule has 2 bridgehead atoms. The minimum absolute atomic E-state index is 0.195. The predicted octanol–water partition coefficient (Wildman–Crippen LogP) is 4.69. The predicted molar refractivity (Wildman–Crippen MR) is 151 cm³/mol. The van der Waals surface area contributed by atoms with Crippen molar-refractivity contribution in [3.8, 4) is 23.0 Å². The van der Waals surface area contributed by atoms with Crippen LogP contribution in [-0.4, -0.2) is 42.3 Å². The Balaban J connectivity index is 1.29. The standard InChI is InChI=1S/C30H28F3N7O2/c1-2-3-23(41)39-28-9-11-29(16-28,12-10-28)40-15-21(24-25(34)36-17-37-26(24)40)18-4-6-19(7-5-18)27(42)38-22-14-20(8-13-35-22)30(31,32)33/h4-8,13-15,17,23,39,41H,9-12,16H2,1H3,(H2,34,36,37)(H,35,38,42). The summed E-state index contributed by atoms with van der Waals surface area (Å²) in [7, 11) is 0. The van der Waals surface area contributed by atoms with Crippen LogP contribution in [0.15, 0.2) is 55.1 Å². The molecule has 4 aromatic rings. The van der Waals surface area contributed by atoms with Crippen LogP contribution in [-0.2, 0) is 11.7 Å². The monoisotopic (exact) mass is 575 g/mol. The number of nitrogens with zero attached hydrogens (tertiary/aromatic N) is 4. The van der Waals surface area contributed by atoms with E-state index in [2.05, 4.69) is 42.0 Å². The van der Waals surface area contributed by atoms with Crippen LogP contribution in [0.25, 0.3) is 22.2 Å². The van der Waals surface area contributed by atoms with Gasteiger partial charge in [-0.15, -0.1) is 5.92 Å². The first kappa shape index (κ1) is 27.7. The molecule has 6 rings (SSSR count). The maximum absolute atomic E-state index is 13.0. The Morgan fingerprint density at radius 1 is 1.12 bits per heavy atom. The summed E-state index contributed by atoms with van der Waals surface area (Å²) < 4.78 is 41.3. The number of amides is 1. The Bertz CT molecular complexity index is 1730. The molecular weight excluding hydrogens is 547 g/mol. The lowest BCUT2D eigenvalue weighted by atomic mass is 9.91. The van der Waals surface area contributed by atoms with Gasteiger partial charge in [0.05, 0.1) is 10.9 Å². The van der Waals surface area contributed by atoms with Crippen LogP contribution in [0.5, 0.6) is 0 Å². The summed E-state index contributed by atoms with van der Waals surface area (Å²) in [5, 5.41) is 16.8. The van der Waals surface area contributed by atoms with Crippen molar-refractivity contribution >= 4 is 28.6 Å². The molecule has 0 aliphatic heterocycles. The molecule has 1 amide bonds. The van der Waals surface area contributed by atoms with Crippen molar-refractivity contribution in [3.63, 3.8) is 0 Å². The third-order valence-electron chi connectivity index (χ3n) is 8.44. The molecule has 42 heavy (non-hydrogen) atoms. The number of benzene rings is 1. The van der Waals surface area contributed by atoms with Gasteiger partial charge in [-0.2, -0.15) is 13.2 Å². The average Bonchev–Trinajstić information content (AvgIpc) is 3.64. The third kappa shape index (κ3) is 4.84. The Morgan fingerprint density at radius 2 is 1.86 bits per heavy atom. The largest absolute Gasteiger partial charge is 0.416 e. The van der Waals surface area contributed by atoms with Crippen LogP contribution in [0.4, 0.5) is 24.8 Å². The second-order valence-corrected chi connectivity index (χ2v) is 11.0. The maximum atomic E-state index is 13.0. The summed E-state index contributed by atoms with van der Waals surface area (Å²) in [6, 6.07) is 8.33. The number of halogens is 3. The van der Waals surface area contributed by atoms with Gasteiger partial charge in [-0.1, -0.05) is 18.1 Å². The van der Waals surface area contributed by atoms with Gasteiger partial charge in [-0.25, -0.2) is 15.0 Å². The number of aromatic nitrogens is 4. The lowest BCUT2D eigenvalue weighted by molar-refractivity contribution is -0.137. The fourth-order valence-electron chi connectivity index (χ4n) is 6.49. The first-order valence-corrected chi connectivity index (χ1v) is 13.5. The van der Waals surface area contributed by atoms with Crippen LogP contribution in [0.3, 0.4) is 0 Å². The van der Waals surface area contributed by atoms with Gasteiger partial charge in [-0.3, -0.25) is 10.1 Å². The number of fused-ring (bicyclic) bond motifs is 3. The van der Waals surface area contributed by atoms with Gasteiger partial charge in [-0.05, 0) is 68.9 Å². The zero-order valence-corrected chi connectivity index (χ0v) is 22.7. The van der Waals surface area contributed by atoms with E-state index in [1.165, 1.54) is 6.33 Å². The zero-order chi connectivity index (χ0) is 29.7. The number of hydrogen-bond donors (Lipinski definition) is 4. The topological polar surface area (TPSA) is 131 Å². The van der Waals surface area contributed by atoms with E-state index in [1.54, 1.807) is 31.2 Å². The molecule has 3 aromatic heterocycles. The molecule has 2 fully saturated rings. The highest BCUT2D eigenvalue weighted by Gasteiger charge is 2.56. The summed E-state index contributed by atoms with van der Waals surface area (Å²) in [6.07, 6.45) is 3.39. The van der Waals surface area contributed by atoms with Gasteiger partial charge < -0.3 is 20.7 Å². The van der Waals surface area contributed by atoms with Gasteiger partial charge >= 0.3 is 6.18 Å². The van der Waals surface area contributed by atoms with E-state index in [4.69, 9.17) is 5.73 Å². The number of aliphatic hydroxyl groups is 1. The average molecular weight is 576 g/mol. The lowest BCUT2D eigenvalue weighted by Gasteiger charge is -2.30. The van der Waals surface area contributed by atoms with E-state index in [0.717, 1.165) is 61.6 Å². The van der Waals surface area contributed by atoms with Crippen LogP contribution >= 0.6 is 0 Å². The fraction of sp³-hybridized carbons (Fsp3) is 0.333. The molecule has 5 N–H and O–H groups in total. The Hall–Kier alpha value is -4.47. The SMILES string of the molecule is CC#CC(O)NC12CCC(n3cc(-c4ccc(C(=O)Nc5cc(C(F)(F)F)ccn5)cc4)c4c(N)ncnc43)(CC1)C2. The van der Waals surface area contributed by atoms with Crippen molar-refractivity contribution in [2.45, 2.75) is 62.5 Å².